The summed E-state index contributed by atoms with van der Waals surface area (Å²) >= 11 is 0. The molecule has 0 radical (unpaired) electrons. The Morgan fingerprint density at radius 2 is 0.609 bits per heavy atom. The SMILES string of the molecule is CC/C=C\C/C=C\C/C=C\CCCCCCCC(=O)O[C@H](COC(=O)CCCCCCCCCCCCCCC)COC(=O)CCCCCCCCCCCCCCCCCCCC. The van der Waals surface area contributed by atoms with E-state index >= 15 is 0 Å². The van der Waals surface area contributed by atoms with E-state index in [9.17, 15) is 14.4 Å². The van der Waals surface area contributed by atoms with Crippen LogP contribution in [0.1, 0.15) is 297 Å². The van der Waals surface area contributed by atoms with Crippen LogP contribution in [0.15, 0.2) is 36.5 Å². The molecule has 0 amide bonds. The van der Waals surface area contributed by atoms with Crippen LogP contribution in [-0.4, -0.2) is 37.2 Å². The van der Waals surface area contributed by atoms with E-state index in [1.807, 2.05) is 0 Å². The maximum atomic E-state index is 12.8. The first-order valence-corrected chi connectivity index (χ1v) is 28.0. The van der Waals surface area contributed by atoms with Crippen molar-refractivity contribution in [1.29, 1.82) is 0 Å². The van der Waals surface area contributed by atoms with Gasteiger partial charge in [0, 0.05) is 19.3 Å². The molecule has 0 saturated carbocycles. The molecule has 0 unspecified atom stereocenters. The average molecular weight is 899 g/mol. The Labute approximate surface area is 397 Å². The van der Waals surface area contributed by atoms with E-state index in [1.165, 1.54) is 161 Å². The van der Waals surface area contributed by atoms with Crippen molar-refractivity contribution in [2.45, 2.75) is 303 Å². The van der Waals surface area contributed by atoms with E-state index in [1.54, 1.807) is 0 Å². The van der Waals surface area contributed by atoms with Crippen LogP contribution < -0.4 is 0 Å². The highest BCUT2D eigenvalue weighted by molar-refractivity contribution is 5.71. The standard InChI is InChI=1S/C58H106O6/c1-4-7-10-13-16-19-22-25-27-28-29-31-33-36-39-42-45-48-51-57(60)63-54-55(53-62-56(59)50-47-44-41-38-35-32-24-21-18-15-12-9-6-3)64-58(61)52-49-46-43-40-37-34-30-26-23-20-17-14-11-8-5-2/h8,11,17,20,26,30,55H,4-7,9-10,12-16,18-19,21-25,27-29,31-54H2,1-3H3/b11-8-,20-17-,30-26-/t55-/m1/s1. The third kappa shape index (κ3) is 50.6. The molecule has 6 nitrogen and oxygen atoms in total. The van der Waals surface area contributed by atoms with E-state index in [-0.39, 0.29) is 31.1 Å². The maximum Gasteiger partial charge on any atom is 0.306 e. The predicted molar refractivity (Wildman–Crippen MR) is 275 cm³/mol. The monoisotopic (exact) mass is 899 g/mol. The lowest BCUT2D eigenvalue weighted by molar-refractivity contribution is -0.167. The van der Waals surface area contributed by atoms with Gasteiger partial charge in [0.25, 0.3) is 0 Å². The zero-order valence-electron chi connectivity index (χ0n) is 42.8. The van der Waals surface area contributed by atoms with Crippen molar-refractivity contribution in [1.82, 2.24) is 0 Å². The van der Waals surface area contributed by atoms with Crippen LogP contribution in [0, 0.1) is 0 Å². The second kappa shape index (κ2) is 53.2. The van der Waals surface area contributed by atoms with Gasteiger partial charge >= 0.3 is 17.9 Å². The molecule has 1 atom stereocenters. The van der Waals surface area contributed by atoms with E-state index < -0.39 is 6.10 Å². The molecule has 64 heavy (non-hydrogen) atoms. The molecule has 0 aromatic carbocycles. The quantitative estimate of drug-likeness (QED) is 0.0262. The van der Waals surface area contributed by atoms with Gasteiger partial charge in [0.1, 0.15) is 13.2 Å². The Bertz CT molecular complexity index is 1080. The molecule has 0 aliphatic heterocycles. The summed E-state index contributed by atoms with van der Waals surface area (Å²) in [6.45, 7) is 6.55. The number of hydrogen-bond acceptors (Lipinski definition) is 6. The first-order valence-electron chi connectivity index (χ1n) is 28.0. The number of unbranched alkanes of at least 4 members (excludes halogenated alkanes) is 34. The molecule has 0 aromatic heterocycles. The van der Waals surface area contributed by atoms with Crippen molar-refractivity contribution in [2.75, 3.05) is 13.2 Å². The molecule has 0 aliphatic carbocycles. The minimum atomic E-state index is -0.776. The zero-order valence-corrected chi connectivity index (χ0v) is 42.8. The van der Waals surface area contributed by atoms with Crippen LogP contribution in [0.25, 0.3) is 0 Å². The summed E-state index contributed by atoms with van der Waals surface area (Å²) in [7, 11) is 0. The Morgan fingerprint density at radius 3 is 0.953 bits per heavy atom. The molecule has 0 N–H and O–H groups in total. The number of allylic oxidation sites excluding steroid dienone is 6. The minimum absolute atomic E-state index is 0.0745. The highest BCUT2D eigenvalue weighted by Crippen LogP contribution is 2.17. The highest BCUT2D eigenvalue weighted by Gasteiger charge is 2.19. The van der Waals surface area contributed by atoms with Crippen LogP contribution >= 0.6 is 0 Å². The molecule has 6 heteroatoms. The van der Waals surface area contributed by atoms with Crippen molar-refractivity contribution in [3.63, 3.8) is 0 Å². The van der Waals surface area contributed by atoms with Crippen LogP contribution in [0.2, 0.25) is 0 Å². The van der Waals surface area contributed by atoms with E-state index in [0.717, 1.165) is 96.3 Å². The van der Waals surface area contributed by atoms with Crippen molar-refractivity contribution in [3.05, 3.63) is 36.5 Å². The van der Waals surface area contributed by atoms with Crippen molar-refractivity contribution < 1.29 is 28.6 Å². The Balaban J connectivity index is 4.33. The Morgan fingerprint density at radius 1 is 0.328 bits per heavy atom. The Hall–Kier alpha value is -2.37. The van der Waals surface area contributed by atoms with Gasteiger partial charge in [0.05, 0.1) is 0 Å². The predicted octanol–water partition coefficient (Wildman–Crippen LogP) is 18.5. The molecule has 0 bridgehead atoms. The summed E-state index contributed by atoms with van der Waals surface area (Å²) < 4.78 is 16.8. The lowest BCUT2D eigenvalue weighted by atomic mass is 10.0. The molecule has 0 rings (SSSR count). The largest absolute Gasteiger partial charge is 0.462 e. The molecular weight excluding hydrogens is 793 g/mol. The van der Waals surface area contributed by atoms with Crippen molar-refractivity contribution in [3.8, 4) is 0 Å². The molecule has 0 aliphatic rings. The molecule has 0 aromatic rings. The fraction of sp³-hybridized carbons (Fsp3) is 0.845. The van der Waals surface area contributed by atoms with E-state index in [0.29, 0.717) is 19.3 Å². The number of esters is 3. The number of carbonyl (C=O) groups is 3. The summed E-state index contributed by atoms with van der Waals surface area (Å²) in [6.07, 6.45) is 62.7. The Kier molecular flexibility index (Phi) is 51.3. The summed E-state index contributed by atoms with van der Waals surface area (Å²) in [4.78, 5) is 38.1. The summed E-state index contributed by atoms with van der Waals surface area (Å²) in [5, 5.41) is 0. The van der Waals surface area contributed by atoms with Gasteiger partial charge in [-0.2, -0.15) is 0 Å². The first kappa shape index (κ1) is 61.6. The van der Waals surface area contributed by atoms with Gasteiger partial charge in [-0.05, 0) is 51.4 Å². The van der Waals surface area contributed by atoms with Gasteiger partial charge in [-0.3, -0.25) is 14.4 Å². The van der Waals surface area contributed by atoms with E-state index in [2.05, 4.69) is 57.2 Å². The summed E-state index contributed by atoms with van der Waals surface area (Å²) in [6, 6.07) is 0. The maximum absolute atomic E-state index is 12.8. The third-order valence-electron chi connectivity index (χ3n) is 12.4. The molecular formula is C58H106O6. The fourth-order valence-corrected chi connectivity index (χ4v) is 8.22. The summed E-state index contributed by atoms with van der Waals surface area (Å²) in [5.41, 5.74) is 0. The smallest absolute Gasteiger partial charge is 0.306 e. The third-order valence-corrected chi connectivity index (χ3v) is 12.4. The van der Waals surface area contributed by atoms with Crippen molar-refractivity contribution >= 4 is 17.9 Å². The van der Waals surface area contributed by atoms with Gasteiger partial charge in [-0.1, -0.05) is 263 Å². The second-order valence-electron chi connectivity index (χ2n) is 18.8. The molecule has 0 fully saturated rings. The molecule has 0 heterocycles. The molecule has 0 spiro atoms. The minimum Gasteiger partial charge on any atom is -0.462 e. The van der Waals surface area contributed by atoms with E-state index in [4.69, 9.17) is 14.2 Å². The van der Waals surface area contributed by atoms with Crippen LogP contribution in [-0.2, 0) is 28.6 Å². The fourth-order valence-electron chi connectivity index (χ4n) is 8.22. The number of ether oxygens (including phenoxy) is 3. The van der Waals surface area contributed by atoms with Crippen LogP contribution in [0.5, 0.6) is 0 Å². The van der Waals surface area contributed by atoms with Gasteiger partial charge < -0.3 is 14.2 Å². The number of hydrogen-bond donors (Lipinski definition) is 0. The van der Waals surface area contributed by atoms with Gasteiger partial charge in [-0.15, -0.1) is 0 Å². The van der Waals surface area contributed by atoms with Crippen molar-refractivity contribution in [2.24, 2.45) is 0 Å². The lowest BCUT2D eigenvalue weighted by Crippen LogP contribution is -2.30. The normalized spacial score (nSPS) is 12.2. The van der Waals surface area contributed by atoms with Gasteiger partial charge in [-0.25, -0.2) is 0 Å². The topological polar surface area (TPSA) is 78.9 Å². The van der Waals surface area contributed by atoms with Gasteiger partial charge in [0.2, 0.25) is 0 Å². The number of rotatable bonds is 51. The first-order chi connectivity index (χ1) is 31.5. The molecule has 0 saturated heterocycles. The van der Waals surface area contributed by atoms with Gasteiger partial charge in [0.15, 0.2) is 6.10 Å². The second-order valence-corrected chi connectivity index (χ2v) is 18.8. The van der Waals surface area contributed by atoms with Crippen LogP contribution in [0.3, 0.4) is 0 Å². The molecule has 374 valence electrons. The lowest BCUT2D eigenvalue weighted by Gasteiger charge is -2.18. The highest BCUT2D eigenvalue weighted by atomic mass is 16.6. The van der Waals surface area contributed by atoms with Crippen LogP contribution in [0.4, 0.5) is 0 Å². The zero-order chi connectivity index (χ0) is 46.5. The summed E-state index contributed by atoms with van der Waals surface area (Å²) in [5.74, 6) is -0.874. The number of carbonyl (C=O) groups excluding carboxylic acids is 3. The average Bonchev–Trinajstić information content (AvgIpc) is 3.29.